The largest absolute Gasteiger partial charge is 0.0622 e. The van der Waals surface area contributed by atoms with Crippen molar-refractivity contribution < 1.29 is 0 Å². The Morgan fingerprint density at radius 3 is 1.38 bits per heavy atom. The monoisotopic (exact) mass is 656 g/mol. The lowest BCUT2D eigenvalue weighted by Gasteiger charge is -2.20. The van der Waals surface area contributed by atoms with Crippen LogP contribution in [0.2, 0.25) is 0 Å². The minimum Gasteiger partial charge on any atom is -0.0622 e. The van der Waals surface area contributed by atoms with Gasteiger partial charge in [-0.1, -0.05) is 182 Å². The summed E-state index contributed by atoms with van der Waals surface area (Å²) >= 11 is 0. The van der Waals surface area contributed by atoms with Gasteiger partial charge in [-0.05, 0) is 121 Å². The van der Waals surface area contributed by atoms with E-state index in [0.29, 0.717) is 0 Å². The Morgan fingerprint density at radius 2 is 0.692 bits per heavy atom. The molecular formula is C52H32. The zero-order valence-corrected chi connectivity index (χ0v) is 28.5. The van der Waals surface area contributed by atoms with Gasteiger partial charge in [0.25, 0.3) is 0 Å². The highest BCUT2D eigenvalue weighted by Gasteiger charge is 2.20. The highest BCUT2D eigenvalue weighted by Crippen LogP contribution is 2.47. The first kappa shape index (κ1) is 29.0. The van der Waals surface area contributed by atoms with Gasteiger partial charge >= 0.3 is 0 Å². The fourth-order valence-electron chi connectivity index (χ4n) is 8.86. The summed E-state index contributed by atoms with van der Waals surface area (Å²) in [5.74, 6) is 0. The van der Waals surface area contributed by atoms with E-state index in [2.05, 4.69) is 194 Å². The fourth-order valence-corrected chi connectivity index (χ4v) is 8.86. The molecule has 0 saturated heterocycles. The predicted molar refractivity (Wildman–Crippen MR) is 224 cm³/mol. The molecule has 0 aliphatic rings. The molecule has 0 atom stereocenters. The molecule has 11 aromatic carbocycles. The maximum Gasteiger partial charge on any atom is -0.00206 e. The minimum absolute atomic E-state index is 1.22. The van der Waals surface area contributed by atoms with Gasteiger partial charge in [0.1, 0.15) is 0 Å². The van der Waals surface area contributed by atoms with Crippen molar-refractivity contribution in [3.8, 4) is 44.5 Å². The Hall–Kier alpha value is -6.76. The van der Waals surface area contributed by atoms with E-state index < -0.39 is 0 Å². The number of benzene rings is 11. The van der Waals surface area contributed by atoms with E-state index in [1.54, 1.807) is 0 Å². The van der Waals surface area contributed by atoms with Crippen molar-refractivity contribution in [2.24, 2.45) is 0 Å². The van der Waals surface area contributed by atoms with Gasteiger partial charge in [0.2, 0.25) is 0 Å². The van der Waals surface area contributed by atoms with Crippen molar-refractivity contribution in [3.63, 3.8) is 0 Å². The quantitative estimate of drug-likeness (QED) is 0.131. The van der Waals surface area contributed by atoms with Crippen molar-refractivity contribution in [2.75, 3.05) is 0 Å². The van der Waals surface area contributed by atoms with Gasteiger partial charge in [0, 0.05) is 0 Å². The summed E-state index contributed by atoms with van der Waals surface area (Å²) in [7, 11) is 0. The summed E-state index contributed by atoms with van der Waals surface area (Å²) in [5, 5.41) is 15.4. The molecular weight excluding hydrogens is 625 g/mol. The van der Waals surface area contributed by atoms with Crippen molar-refractivity contribution in [2.45, 2.75) is 0 Å². The molecule has 0 fully saturated rings. The standard InChI is InChI=1S/C52H32/c1-2-12-34(13-3-1)41-28-27-40(32-48(41)42-29-25-37-23-22-35-15-10-16-36-26-30-47(42)52(37)49(35)36)51-45-19-8-6-17-43(45)50(44-18-7-9-20-46(44)51)39-24-21-33-11-4-5-14-38(33)31-39/h1-32H. The Kier molecular flexibility index (Phi) is 6.35. The normalized spacial score (nSPS) is 11.8. The van der Waals surface area contributed by atoms with Crippen molar-refractivity contribution >= 4 is 64.6 Å². The minimum atomic E-state index is 1.22. The van der Waals surface area contributed by atoms with E-state index in [1.165, 1.54) is 109 Å². The number of rotatable bonds is 4. The molecule has 0 saturated carbocycles. The maximum absolute atomic E-state index is 2.46. The second-order valence-electron chi connectivity index (χ2n) is 14.0. The van der Waals surface area contributed by atoms with Crippen LogP contribution in [0, 0.1) is 0 Å². The van der Waals surface area contributed by atoms with E-state index in [1.807, 2.05) is 0 Å². The van der Waals surface area contributed by atoms with Gasteiger partial charge in [-0.25, -0.2) is 0 Å². The van der Waals surface area contributed by atoms with Gasteiger partial charge in [0.05, 0.1) is 0 Å². The molecule has 0 N–H and O–H groups in total. The summed E-state index contributed by atoms with van der Waals surface area (Å²) in [6, 6.07) is 72.0. The van der Waals surface area contributed by atoms with Crippen molar-refractivity contribution in [1.82, 2.24) is 0 Å². The molecule has 0 amide bonds. The van der Waals surface area contributed by atoms with Crippen LogP contribution in [0.3, 0.4) is 0 Å². The predicted octanol–water partition coefficient (Wildman–Crippen LogP) is 14.7. The first-order chi connectivity index (χ1) is 25.8. The molecule has 0 bridgehead atoms. The SMILES string of the molecule is c1ccc(-c2ccc(-c3c4ccccc4c(-c4ccc5ccccc5c4)c4ccccc34)cc2-c2ccc3ccc4cccc5ccc2c3c45)cc1. The van der Waals surface area contributed by atoms with Crippen LogP contribution in [-0.4, -0.2) is 0 Å². The zero-order valence-electron chi connectivity index (χ0n) is 28.5. The molecule has 0 heterocycles. The zero-order chi connectivity index (χ0) is 34.2. The lowest BCUT2D eigenvalue weighted by atomic mass is 9.83. The third-order valence-electron chi connectivity index (χ3n) is 11.2. The van der Waals surface area contributed by atoms with Gasteiger partial charge in [-0.3, -0.25) is 0 Å². The molecule has 0 aliphatic carbocycles. The molecule has 11 aromatic rings. The Bertz CT molecular complexity index is 3090. The molecule has 0 heteroatoms. The van der Waals surface area contributed by atoms with Crippen LogP contribution in [0.25, 0.3) is 109 Å². The molecule has 0 aliphatic heterocycles. The third kappa shape index (κ3) is 4.35. The molecule has 0 nitrogen and oxygen atoms in total. The van der Waals surface area contributed by atoms with Crippen LogP contribution < -0.4 is 0 Å². The van der Waals surface area contributed by atoms with E-state index in [4.69, 9.17) is 0 Å². The molecule has 0 spiro atoms. The van der Waals surface area contributed by atoms with E-state index in [9.17, 15) is 0 Å². The van der Waals surface area contributed by atoms with E-state index in [-0.39, 0.29) is 0 Å². The van der Waals surface area contributed by atoms with E-state index in [0.717, 1.165) is 0 Å². The third-order valence-corrected chi connectivity index (χ3v) is 11.2. The lowest BCUT2D eigenvalue weighted by molar-refractivity contribution is 1.59. The summed E-state index contributed by atoms with van der Waals surface area (Å²) in [6.45, 7) is 0. The van der Waals surface area contributed by atoms with Crippen LogP contribution >= 0.6 is 0 Å². The molecule has 52 heavy (non-hydrogen) atoms. The number of fused-ring (bicyclic) bond motifs is 3. The van der Waals surface area contributed by atoms with Crippen molar-refractivity contribution in [3.05, 3.63) is 194 Å². The Morgan fingerprint density at radius 1 is 0.212 bits per heavy atom. The molecule has 0 aromatic heterocycles. The van der Waals surface area contributed by atoms with Crippen LogP contribution in [0.1, 0.15) is 0 Å². The van der Waals surface area contributed by atoms with Gasteiger partial charge in [-0.15, -0.1) is 0 Å². The first-order valence-corrected chi connectivity index (χ1v) is 18.1. The molecule has 0 radical (unpaired) electrons. The second-order valence-corrected chi connectivity index (χ2v) is 14.0. The highest BCUT2D eigenvalue weighted by molar-refractivity contribution is 6.26. The van der Waals surface area contributed by atoms with Gasteiger partial charge in [-0.2, -0.15) is 0 Å². The van der Waals surface area contributed by atoms with Crippen molar-refractivity contribution in [1.29, 1.82) is 0 Å². The average Bonchev–Trinajstić information content (AvgIpc) is 3.22. The fraction of sp³-hybridized carbons (Fsp3) is 0. The van der Waals surface area contributed by atoms with Crippen LogP contribution in [0.4, 0.5) is 0 Å². The topological polar surface area (TPSA) is 0 Å². The smallest absolute Gasteiger partial charge is 0.00206 e. The lowest BCUT2D eigenvalue weighted by Crippen LogP contribution is -1.93. The van der Waals surface area contributed by atoms with E-state index >= 15 is 0 Å². The molecule has 240 valence electrons. The average molecular weight is 657 g/mol. The first-order valence-electron chi connectivity index (χ1n) is 18.1. The molecule has 11 rings (SSSR count). The van der Waals surface area contributed by atoms with Crippen LogP contribution in [-0.2, 0) is 0 Å². The Labute approximate surface area is 302 Å². The number of hydrogen-bond donors (Lipinski definition) is 0. The highest BCUT2D eigenvalue weighted by atomic mass is 14.2. The van der Waals surface area contributed by atoms with Gasteiger partial charge < -0.3 is 0 Å². The summed E-state index contributed by atoms with van der Waals surface area (Å²) in [4.78, 5) is 0. The second kappa shape index (κ2) is 11.4. The number of hydrogen-bond acceptors (Lipinski definition) is 0. The summed E-state index contributed by atoms with van der Waals surface area (Å²) in [5.41, 5.74) is 9.98. The Balaban J connectivity index is 1.22. The van der Waals surface area contributed by atoms with Gasteiger partial charge in [0.15, 0.2) is 0 Å². The maximum atomic E-state index is 2.46. The molecule has 0 unspecified atom stereocenters. The summed E-state index contributed by atoms with van der Waals surface area (Å²) < 4.78 is 0. The van der Waals surface area contributed by atoms with Crippen LogP contribution in [0.5, 0.6) is 0 Å². The van der Waals surface area contributed by atoms with Crippen LogP contribution in [0.15, 0.2) is 194 Å². The summed E-state index contributed by atoms with van der Waals surface area (Å²) in [6.07, 6.45) is 0.